The van der Waals surface area contributed by atoms with Crippen LogP contribution in [0.25, 0.3) is 21.9 Å². The van der Waals surface area contributed by atoms with E-state index >= 15 is 0 Å². The minimum atomic E-state index is -0.187. The standard InChI is InChI=1S/C31H35N5O3/c32-19-22-6-8-28-27(16-22)23(20-33-28)4-1-2-10-35-11-13-36(14-12-35)25-7-9-29-24(17-25)18-30(39-29)31(37)34-21-26-5-3-15-38-26/h6-9,16-18,20,26,33H,1-5,10-15,21H2,(H,34,37). The fourth-order valence-corrected chi connectivity index (χ4v) is 5.77. The van der Waals surface area contributed by atoms with Crippen molar-refractivity contribution in [1.82, 2.24) is 15.2 Å². The molecule has 2 aromatic carbocycles. The van der Waals surface area contributed by atoms with Crippen LogP contribution in [0.1, 0.15) is 47.4 Å². The van der Waals surface area contributed by atoms with Gasteiger partial charge in [-0.05, 0) is 86.7 Å². The van der Waals surface area contributed by atoms with Gasteiger partial charge in [0.05, 0.1) is 17.7 Å². The summed E-state index contributed by atoms with van der Waals surface area (Å²) in [7, 11) is 0. The number of nitrogens with one attached hydrogen (secondary N) is 2. The van der Waals surface area contributed by atoms with E-state index in [1.807, 2.05) is 30.3 Å². The molecule has 8 heteroatoms. The summed E-state index contributed by atoms with van der Waals surface area (Å²) < 4.78 is 11.4. The number of hydrogen-bond acceptors (Lipinski definition) is 6. The number of furan rings is 1. The van der Waals surface area contributed by atoms with Crippen molar-refractivity contribution in [3.8, 4) is 6.07 Å². The lowest BCUT2D eigenvalue weighted by Gasteiger charge is -2.36. The SMILES string of the molecule is N#Cc1ccc2[nH]cc(CCCCN3CCN(c4ccc5oc(C(=O)NCC6CCCO6)cc5c4)CC3)c2c1. The second-order valence-corrected chi connectivity index (χ2v) is 10.6. The number of unbranched alkanes of at least 4 members (excludes halogenated alkanes) is 1. The first-order chi connectivity index (χ1) is 19.2. The van der Waals surface area contributed by atoms with E-state index in [9.17, 15) is 10.1 Å². The Hall–Kier alpha value is -3.80. The fourth-order valence-electron chi connectivity index (χ4n) is 5.77. The molecule has 0 bridgehead atoms. The summed E-state index contributed by atoms with van der Waals surface area (Å²) >= 11 is 0. The quantitative estimate of drug-likeness (QED) is 0.304. The van der Waals surface area contributed by atoms with Crippen molar-refractivity contribution >= 4 is 33.5 Å². The molecule has 2 aliphatic rings. The van der Waals surface area contributed by atoms with Crippen molar-refractivity contribution in [2.24, 2.45) is 0 Å². The van der Waals surface area contributed by atoms with Crippen LogP contribution in [-0.4, -0.2) is 67.8 Å². The second kappa shape index (κ2) is 11.5. The summed E-state index contributed by atoms with van der Waals surface area (Å²) in [5, 5.41) is 14.3. The lowest BCUT2D eigenvalue weighted by molar-refractivity contribution is 0.0837. The molecule has 2 fully saturated rings. The third-order valence-corrected chi connectivity index (χ3v) is 8.04. The predicted molar refractivity (Wildman–Crippen MR) is 152 cm³/mol. The van der Waals surface area contributed by atoms with Gasteiger partial charge in [-0.15, -0.1) is 0 Å². The van der Waals surface area contributed by atoms with Crippen LogP contribution in [0.2, 0.25) is 0 Å². The van der Waals surface area contributed by atoms with Crippen LogP contribution in [0, 0.1) is 11.3 Å². The van der Waals surface area contributed by atoms with E-state index in [1.54, 1.807) is 0 Å². The number of aromatic nitrogens is 1. The number of piperazine rings is 1. The van der Waals surface area contributed by atoms with Gasteiger partial charge < -0.3 is 24.4 Å². The Labute approximate surface area is 228 Å². The monoisotopic (exact) mass is 525 g/mol. The van der Waals surface area contributed by atoms with Crippen LogP contribution in [0.3, 0.4) is 0 Å². The Bertz CT molecular complexity index is 1490. The highest BCUT2D eigenvalue weighted by Gasteiger charge is 2.20. The number of rotatable bonds is 9. The van der Waals surface area contributed by atoms with Crippen LogP contribution in [0.15, 0.2) is 53.1 Å². The third-order valence-electron chi connectivity index (χ3n) is 8.04. The normalized spacial score (nSPS) is 18.1. The molecule has 39 heavy (non-hydrogen) atoms. The van der Waals surface area contributed by atoms with Crippen molar-refractivity contribution in [2.75, 3.05) is 50.8 Å². The number of nitriles is 1. The molecule has 0 aliphatic carbocycles. The lowest BCUT2D eigenvalue weighted by Crippen LogP contribution is -2.46. The number of aromatic amines is 1. The average molecular weight is 526 g/mol. The number of anilines is 1. The molecule has 8 nitrogen and oxygen atoms in total. The first kappa shape index (κ1) is 25.5. The molecule has 2 aliphatic heterocycles. The molecule has 1 atom stereocenters. The Morgan fingerprint density at radius 2 is 2.00 bits per heavy atom. The molecule has 0 radical (unpaired) electrons. The van der Waals surface area contributed by atoms with E-state index in [-0.39, 0.29) is 12.0 Å². The van der Waals surface area contributed by atoms with E-state index in [0.29, 0.717) is 17.9 Å². The number of H-pyrrole nitrogens is 1. The van der Waals surface area contributed by atoms with Crippen LogP contribution < -0.4 is 10.2 Å². The topological polar surface area (TPSA) is 97.5 Å². The Morgan fingerprint density at radius 1 is 1.10 bits per heavy atom. The Balaban J connectivity index is 0.968. The van der Waals surface area contributed by atoms with E-state index in [4.69, 9.17) is 9.15 Å². The van der Waals surface area contributed by atoms with Gasteiger partial charge in [-0.25, -0.2) is 0 Å². The average Bonchev–Trinajstić information content (AvgIpc) is 3.74. The Kier molecular flexibility index (Phi) is 7.53. The largest absolute Gasteiger partial charge is 0.451 e. The molecular formula is C31H35N5O3. The van der Waals surface area contributed by atoms with Gasteiger partial charge in [0.25, 0.3) is 5.91 Å². The zero-order valence-electron chi connectivity index (χ0n) is 22.2. The van der Waals surface area contributed by atoms with Crippen molar-refractivity contribution in [3.05, 3.63) is 65.5 Å². The third kappa shape index (κ3) is 5.80. The molecule has 202 valence electrons. The number of aryl methyl sites for hydroxylation is 1. The number of hydrogen-bond donors (Lipinski definition) is 2. The van der Waals surface area contributed by atoms with E-state index in [1.165, 1.54) is 16.6 Å². The first-order valence-corrected chi connectivity index (χ1v) is 14.1. The van der Waals surface area contributed by atoms with Crippen molar-refractivity contribution in [3.63, 3.8) is 0 Å². The molecule has 6 rings (SSSR count). The molecule has 0 spiro atoms. The van der Waals surface area contributed by atoms with Gasteiger partial charge >= 0.3 is 0 Å². The van der Waals surface area contributed by atoms with Crippen molar-refractivity contribution in [1.29, 1.82) is 5.26 Å². The summed E-state index contributed by atoms with van der Waals surface area (Å²) in [6, 6.07) is 16.1. The summed E-state index contributed by atoms with van der Waals surface area (Å²) in [6.45, 7) is 6.45. The van der Waals surface area contributed by atoms with Crippen molar-refractivity contribution in [2.45, 2.75) is 38.2 Å². The molecular weight excluding hydrogens is 490 g/mol. The number of fused-ring (bicyclic) bond motifs is 2. The van der Waals surface area contributed by atoms with E-state index in [0.717, 1.165) is 87.9 Å². The Morgan fingerprint density at radius 3 is 2.82 bits per heavy atom. The first-order valence-electron chi connectivity index (χ1n) is 14.1. The molecule has 2 aromatic heterocycles. The second-order valence-electron chi connectivity index (χ2n) is 10.6. The van der Waals surface area contributed by atoms with Gasteiger partial charge in [-0.2, -0.15) is 5.26 Å². The number of benzene rings is 2. The van der Waals surface area contributed by atoms with Crippen LogP contribution in [0.4, 0.5) is 5.69 Å². The molecule has 2 N–H and O–H groups in total. The summed E-state index contributed by atoms with van der Waals surface area (Å²) in [5.74, 6) is 0.164. The summed E-state index contributed by atoms with van der Waals surface area (Å²) in [4.78, 5) is 20.9. The highest BCUT2D eigenvalue weighted by molar-refractivity contribution is 5.96. The highest BCUT2D eigenvalue weighted by Crippen LogP contribution is 2.27. The zero-order chi connectivity index (χ0) is 26.6. The number of carbonyl (C=O) groups is 1. The molecule has 4 heterocycles. The maximum absolute atomic E-state index is 12.6. The van der Waals surface area contributed by atoms with Crippen LogP contribution in [-0.2, 0) is 11.2 Å². The molecule has 1 unspecified atom stereocenters. The van der Waals surface area contributed by atoms with Gasteiger partial charge in [-0.3, -0.25) is 9.69 Å². The predicted octanol–water partition coefficient (Wildman–Crippen LogP) is 4.84. The maximum Gasteiger partial charge on any atom is 0.287 e. The van der Waals surface area contributed by atoms with Crippen molar-refractivity contribution < 1.29 is 13.9 Å². The van der Waals surface area contributed by atoms with E-state index < -0.39 is 0 Å². The smallest absolute Gasteiger partial charge is 0.287 e. The zero-order valence-corrected chi connectivity index (χ0v) is 22.2. The maximum atomic E-state index is 12.6. The summed E-state index contributed by atoms with van der Waals surface area (Å²) in [6.07, 6.45) is 7.55. The molecule has 2 saturated heterocycles. The number of ether oxygens (including phenoxy) is 1. The van der Waals surface area contributed by atoms with Crippen LogP contribution >= 0.6 is 0 Å². The van der Waals surface area contributed by atoms with Gasteiger partial charge in [0.15, 0.2) is 5.76 Å². The molecule has 1 amide bonds. The van der Waals surface area contributed by atoms with Gasteiger partial charge in [0, 0.05) is 67.5 Å². The number of amides is 1. The fraction of sp³-hybridized carbons (Fsp3) is 0.419. The van der Waals surface area contributed by atoms with Gasteiger partial charge in [-0.1, -0.05) is 0 Å². The molecule has 0 saturated carbocycles. The summed E-state index contributed by atoms with van der Waals surface area (Å²) in [5.41, 5.74) is 5.01. The number of carbonyl (C=O) groups excluding carboxylic acids is 1. The molecule has 4 aromatic rings. The van der Waals surface area contributed by atoms with E-state index in [2.05, 4.69) is 44.5 Å². The minimum Gasteiger partial charge on any atom is -0.451 e. The van der Waals surface area contributed by atoms with Gasteiger partial charge in [0.2, 0.25) is 0 Å². The number of nitrogens with zero attached hydrogens (tertiary/aromatic N) is 3. The van der Waals surface area contributed by atoms with Gasteiger partial charge in [0.1, 0.15) is 5.58 Å². The highest BCUT2D eigenvalue weighted by atomic mass is 16.5. The van der Waals surface area contributed by atoms with Crippen LogP contribution in [0.5, 0.6) is 0 Å². The minimum absolute atomic E-state index is 0.113. The lowest BCUT2D eigenvalue weighted by atomic mass is 10.1.